The molecule has 2 aromatic rings. The molecule has 7 heteroatoms. The van der Waals surface area contributed by atoms with Gasteiger partial charge in [-0.05, 0) is 18.2 Å². The van der Waals surface area contributed by atoms with Crippen molar-refractivity contribution < 1.29 is 14.6 Å². The fourth-order valence-electron chi connectivity index (χ4n) is 1.65. The summed E-state index contributed by atoms with van der Waals surface area (Å²) in [4.78, 5) is 11.0. The van der Waals surface area contributed by atoms with Crippen molar-refractivity contribution in [2.24, 2.45) is 7.05 Å². The Labute approximate surface area is 119 Å². The first-order valence-corrected chi connectivity index (χ1v) is 5.97. The van der Waals surface area contributed by atoms with Crippen molar-refractivity contribution >= 4 is 17.6 Å². The summed E-state index contributed by atoms with van der Waals surface area (Å²) >= 11 is 5.98. The number of carboxylic acids is 1. The normalized spacial score (nSPS) is 10.1. The van der Waals surface area contributed by atoms with Crippen LogP contribution in [0.15, 0.2) is 24.4 Å². The van der Waals surface area contributed by atoms with E-state index in [1.54, 1.807) is 19.2 Å². The quantitative estimate of drug-likeness (QED) is 0.933. The number of aryl methyl sites for hydroxylation is 1. The molecule has 0 atom stereocenters. The molecule has 6 nitrogen and oxygen atoms in total. The molecule has 0 saturated heterocycles. The summed E-state index contributed by atoms with van der Waals surface area (Å²) in [5, 5.41) is 21.9. The largest absolute Gasteiger partial charge is 0.486 e. The van der Waals surface area contributed by atoms with Gasteiger partial charge in [-0.1, -0.05) is 11.6 Å². The molecule has 0 fully saturated rings. The van der Waals surface area contributed by atoms with E-state index < -0.39 is 5.97 Å². The Kier molecular flexibility index (Phi) is 3.91. The van der Waals surface area contributed by atoms with Gasteiger partial charge in [-0.25, -0.2) is 4.79 Å². The highest BCUT2D eigenvalue weighted by Crippen LogP contribution is 2.26. The number of rotatable bonds is 4. The summed E-state index contributed by atoms with van der Waals surface area (Å²) in [6, 6.07) is 6.59. The van der Waals surface area contributed by atoms with Gasteiger partial charge in [-0.2, -0.15) is 10.4 Å². The molecule has 0 radical (unpaired) electrons. The van der Waals surface area contributed by atoms with Crippen LogP contribution in [-0.2, 0) is 13.7 Å². The van der Waals surface area contributed by atoms with Crippen LogP contribution in [0.25, 0.3) is 0 Å². The highest BCUT2D eigenvalue weighted by Gasteiger charge is 2.16. The summed E-state index contributed by atoms with van der Waals surface area (Å²) in [6.45, 7) is 0.0176. The maximum absolute atomic E-state index is 11.0. The Bertz CT molecular complexity index is 703. The summed E-state index contributed by atoms with van der Waals surface area (Å²) in [6.07, 6.45) is 1.27. The third kappa shape index (κ3) is 2.73. The van der Waals surface area contributed by atoms with Gasteiger partial charge in [0.25, 0.3) is 0 Å². The van der Waals surface area contributed by atoms with Crippen LogP contribution in [-0.4, -0.2) is 20.9 Å². The molecule has 1 N–H and O–H groups in total. The smallest absolute Gasteiger partial charge is 0.339 e. The van der Waals surface area contributed by atoms with Crippen molar-refractivity contribution in [3.8, 4) is 11.8 Å². The molecule has 0 amide bonds. The number of halogens is 1. The van der Waals surface area contributed by atoms with Crippen molar-refractivity contribution in [1.82, 2.24) is 9.78 Å². The van der Waals surface area contributed by atoms with Crippen LogP contribution in [0.2, 0.25) is 5.02 Å². The van der Waals surface area contributed by atoms with Crippen molar-refractivity contribution in [2.45, 2.75) is 6.61 Å². The van der Waals surface area contributed by atoms with Gasteiger partial charge in [0, 0.05) is 7.05 Å². The van der Waals surface area contributed by atoms with Gasteiger partial charge in [0.2, 0.25) is 0 Å². The van der Waals surface area contributed by atoms with Crippen molar-refractivity contribution in [3.63, 3.8) is 0 Å². The summed E-state index contributed by atoms with van der Waals surface area (Å²) < 4.78 is 6.92. The Balaban J connectivity index is 2.19. The fraction of sp³-hybridized carbons (Fsp3) is 0.154. The van der Waals surface area contributed by atoms with E-state index in [0.717, 1.165) is 0 Å². The number of ether oxygens (including phenoxy) is 1. The number of aromatic carboxylic acids is 1. The summed E-state index contributed by atoms with van der Waals surface area (Å²) in [5.74, 6) is -0.689. The number of carboxylic acid groups (broad SMARTS) is 1. The van der Waals surface area contributed by atoms with Gasteiger partial charge in [-0.3, -0.25) is 4.68 Å². The number of nitriles is 1. The second-order valence-electron chi connectivity index (χ2n) is 3.98. The first-order valence-electron chi connectivity index (χ1n) is 5.59. The number of nitrogens with zero attached hydrogens (tertiary/aromatic N) is 3. The average molecular weight is 292 g/mol. The van der Waals surface area contributed by atoms with Gasteiger partial charge in [0.1, 0.15) is 17.9 Å². The van der Waals surface area contributed by atoms with Crippen LogP contribution >= 0.6 is 11.6 Å². The molecule has 0 aliphatic heterocycles. The minimum Gasteiger partial charge on any atom is -0.486 e. The number of carbonyl (C=O) groups is 1. The maximum Gasteiger partial charge on any atom is 0.339 e. The van der Waals surface area contributed by atoms with E-state index in [0.29, 0.717) is 22.0 Å². The van der Waals surface area contributed by atoms with Crippen molar-refractivity contribution in [2.75, 3.05) is 0 Å². The van der Waals surface area contributed by atoms with Crippen LogP contribution in [0.5, 0.6) is 5.75 Å². The number of hydrogen-bond acceptors (Lipinski definition) is 4. The Morgan fingerprint density at radius 3 is 2.95 bits per heavy atom. The van der Waals surface area contributed by atoms with Crippen LogP contribution in [0, 0.1) is 11.3 Å². The molecule has 0 spiro atoms. The van der Waals surface area contributed by atoms with Crippen molar-refractivity contribution in [1.29, 1.82) is 5.26 Å². The Morgan fingerprint density at radius 2 is 2.35 bits per heavy atom. The predicted octanol–water partition coefficient (Wildman–Crippen LogP) is 2.22. The van der Waals surface area contributed by atoms with E-state index in [2.05, 4.69) is 5.10 Å². The number of benzene rings is 1. The molecule has 20 heavy (non-hydrogen) atoms. The monoisotopic (exact) mass is 291 g/mol. The molecule has 1 heterocycles. The highest BCUT2D eigenvalue weighted by molar-refractivity contribution is 6.32. The minimum atomic E-state index is -1.07. The Morgan fingerprint density at radius 1 is 1.60 bits per heavy atom. The highest BCUT2D eigenvalue weighted by atomic mass is 35.5. The van der Waals surface area contributed by atoms with Crippen LogP contribution in [0.3, 0.4) is 0 Å². The average Bonchev–Trinajstić information content (AvgIpc) is 2.78. The molecule has 2 rings (SSSR count). The van der Waals surface area contributed by atoms with Gasteiger partial charge in [-0.15, -0.1) is 0 Å². The van der Waals surface area contributed by atoms with Crippen molar-refractivity contribution in [3.05, 3.63) is 46.2 Å². The molecule has 0 bridgehead atoms. The second kappa shape index (κ2) is 5.63. The topological polar surface area (TPSA) is 88.1 Å². The molecule has 1 aromatic heterocycles. The minimum absolute atomic E-state index is 0.0176. The molecule has 0 aliphatic rings. The molecular formula is C13H10ClN3O3. The van der Waals surface area contributed by atoms with E-state index in [9.17, 15) is 4.79 Å². The van der Waals surface area contributed by atoms with E-state index in [-0.39, 0.29) is 12.2 Å². The van der Waals surface area contributed by atoms with Gasteiger partial charge < -0.3 is 9.84 Å². The van der Waals surface area contributed by atoms with E-state index in [4.69, 9.17) is 26.7 Å². The van der Waals surface area contributed by atoms with Gasteiger partial charge >= 0.3 is 5.97 Å². The first-order chi connectivity index (χ1) is 9.52. The van der Waals surface area contributed by atoms with Crippen LogP contribution in [0.4, 0.5) is 0 Å². The zero-order valence-corrected chi connectivity index (χ0v) is 11.3. The zero-order valence-electron chi connectivity index (χ0n) is 10.5. The lowest BCUT2D eigenvalue weighted by molar-refractivity contribution is 0.0693. The lowest BCUT2D eigenvalue weighted by Crippen LogP contribution is -2.08. The Hall–Kier alpha value is -2.52. The SMILES string of the molecule is Cn1ncc(C(=O)O)c1COc1ccc(C#N)cc1Cl. The number of hydrogen-bond donors (Lipinski definition) is 1. The van der Waals surface area contributed by atoms with E-state index in [1.165, 1.54) is 16.9 Å². The molecule has 102 valence electrons. The zero-order chi connectivity index (χ0) is 14.7. The lowest BCUT2D eigenvalue weighted by Gasteiger charge is -2.09. The summed E-state index contributed by atoms with van der Waals surface area (Å²) in [7, 11) is 1.63. The molecule has 0 saturated carbocycles. The van der Waals surface area contributed by atoms with E-state index >= 15 is 0 Å². The third-order valence-electron chi connectivity index (χ3n) is 2.72. The predicted molar refractivity (Wildman–Crippen MR) is 70.7 cm³/mol. The fourth-order valence-corrected chi connectivity index (χ4v) is 1.88. The first kappa shape index (κ1) is 13.9. The van der Waals surface area contributed by atoms with Crippen LogP contribution in [0.1, 0.15) is 21.6 Å². The van der Waals surface area contributed by atoms with E-state index in [1.807, 2.05) is 6.07 Å². The molecule has 1 aromatic carbocycles. The van der Waals surface area contributed by atoms with Crippen LogP contribution < -0.4 is 4.74 Å². The lowest BCUT2D eigenvalue weighted by atomic mass is 10.2. The third-order valence-corrected chi connectivity index (χ3v) is 3.01. The molecular weight excluding hydrogens is 282 g/mol. The van der Waals surface area contributed by atoms with Gasteiger partial charge in [0.15, 0.2) is 0 Å². The number of aromatic nitrogens is 2. The standard InChI is InChI=1S/C13H10ClN3O3/c1-17-11(9(6-16-17)13(18)19)7-20-12-3-2-8(5-15)4-10(12)14/h2-4,6H,7H2,1H3,(H,18,19). The maximum atomic E-state index is 11.0. The molecule has 0 unspecified atom stereocenters. The summed E-state index contributed by atoms with van der Waals surface area (Å²) in [5.41, 5.74) is 0.935. The van der Waals surface area contributed by atoms with Gasteiger partial charge in [0.05, 0.1) is 28.5 Å². The molecule has 0 aliphatic carbocycles. The second-order valence-corrected chi connectivity index (χ2v) is 4.39.